The number of nitrogens with zero attached hydrogens (tertiary/aromatic N) is 2. The topological polar surface area (TPSA) is 32.8 Å². The zero-order valence-corrected chi connectivity index (χ0v) is 13.9. The number of para-hydroxylation sites is 1. The molecule has 126 valence electrons. The monoisotopic (exact) mass is 348 g/mol. The van der Waals surface area contributed by atoms with E-state index in [-0.39, 0.29) is 18.3 Å². The first-order chi connectivity index (χ1) is 11.6. The van der Waals surface area contributed by atoms with E-state index in [1.807, 2.05) is 11.0 Å². The highest BCUT2D eigenvalue weighted by Crippen LogP contribution is 2.20. The molecule has 0 N–H and O–H groups in total. The molecule has 0 saturated carbocycles. The Labute approximate surface area is 145 Å². The van der Waals surface area contributed by atoms with Crippen molar-refractivity contribution in [2.75, 3.05) is 37.7 Å². The van der Waals surface area contributed by atoms with Crippen molar-refractivity contribution in [2.45, 2.75) is 0 Å². The van der Waals surface area contributed by atoms with Crippen molar-refractivity contribution >= 4 is 23.2 Å². The molecule has 0 radical (unpaired) electrons. The maximum absolute atomic E-state index is 13.8. The fourth-order valence-corrected chi connectivity index (χ4v) is 2.80. The molecule has 1 fully saturated rings. The molecule has 0 aliphatic carbocycles. The predicted octanol–water partition coefficient (Wildman–Crippen LogP) is 3.21. The summed E-state index contributed by atoms with van der Waals surface area (Å²) in [4.78, 5) is 15.9. The number of hydrogen-bond acceptors (Lipinski definition) is 3. The van der Waals surface area contributed by atoms with Gasteiger partial charge in [-0.1, -0.05) is 23.7 Å². The maximum Gasteiger partial charge on any atom is 0.260 e. The summed E-state index contributed by atoms with van der Waals surface area (Å²) in [6.07, 6.45) is 0. The van der Waals surface area contributed by atoms with E-state index in [0.29, 0.717) is 42.6 Å². The molecule has 3 rings (SSSR count). The number of piperazine rings is 1. The summed E-state index contributed by atoms with van der Waals surface area (Å²) in [5.41, 5.74) is 0.585. The minimum atomic E-state index is -0.233. The third-order valence-electron chi connectivity index (χ3n) is 4.00. The second-order valence-corrected chi connectivity index (χ2v) is 6.00. The van der Waals surface area contributed by atoms with E-state index in [4.69, 9.17) is 16.3 Å². The van der Waals surface area contributed by atoms with Crippen molar-refractivity contribution in [1.29, 1.82) is 0 Å². The zero-order valence-electron chi connectivity index (χ0n) is 13.1. The molecule has 1 amide bonds. The Bertz CT molecular complexity index is 700. The zero-order chi connectivity index (χ0) is 16.9. The molecule has 4 nitrogen and oxygen atoms in total. The molecule has 24 heavy (non-hydrogen) atoms. The van der Waals surface area contributed by atoms with Gasteiger partial charge in [0.15, 0.2) is 6.61 Å². The fraction of sp³-hybridized carbons (Fsp3) is 0.278. The van der Waals surface area contributed by atoms with Crippen molar-refractivity contribution < 1.29 is 13.9 Å². The molecule has 2 aromatic carbocycles. The molecule has 1 saturated heterocycles. The molecule has 1 aliphatic heterocycles. The Morgan fingerprint density at radius 2 is 1.71 bits per heavy atom. The van der Waals surface area contributed by atoms with Gasteiger partial charge >= 0.3 is 0 Å². The van der Waals surface area contributed by atoms with Crippen LogP contribution in [0.1, 0.15) is 0 Å². The van der Waals surface area contributed by atoms with Crippen LogP contribution in [0.2, 0.25) is 5.02 Å². The molecule has 1 heterocycles. The Balaban J connectivity index is 1.50. The normalized spacial score (nSPS) is 14.6. The van der Waals surface area contributed by atoms with Gasteiger partial charge in [0.25, 0.3) is 5.91 Å². The van der Waals surface area contributed by atoms with E-state index in [0.717, 1.165) is 0 Å². The first kappa shape index (κ1) is 16.6. The summed E-state index contributed by atoms with van der Waals surface area (Å²) in [5, 5.41) is 0.623. The van der Waals surface area contributed by atoms with Crippen LogP contribution in [0.5, 0.6) is 5.75 Å². The molecule has 2 aromatic rings. The molecular weight excluding hydrogens is 331 g/mol. The van der Waals surface area contributed by atoms with Gasteiger partial charge in [-0.05, 0) is 36.4 Å². The lowest BCUT2D eigenvalue weighted by atomic mass is 10.2. The van der Waals surface area contributed by atoms with Crippen molar-refractivity contribution in [2.24, 2.45) is 0 Å². The van der Waals surface area contributed by atoms with Gasteiger partial charge in [-0.15, -0.1) is 0 Å². The van der Waals surface area contributed by atoms with E-state index >= 15 is 0 Å². The highest BCUT2D eigenvalue weighted by molar-refractivity contribution is 6.30. The van der Waals surface area contributed by atoms with Crippen LogP contribution in [0.25, 0.3) is 0 Å². The first-order valence-corrected chi connectivity index (χ1v) is 8.17. The van der Waals surface area contributed by atoms with Crippen molar-refractivity contribution in [3.63, 3.8) is 0 Å². The number of carbonyl (C=O) groups is 1. The Morgan fingerprint density at radius 1 is 1.04 bits per heavy atom. The highest BCUT2D eigenvalue weighted by Gasteiger charge is 2.22. The van der Waals surface area contributed by atoms with E-state index < -0.39 is 0 Å². The van der Waals surface area contributed by atoms with Gasteiger partial charge in [-0.3, -0.25) is 4.79 Å². The van der Waals surface area contributed by atoms with Gasteiger partial charge in [0.1, 0.15) is 11.6 Å². The number of rotatable bonds is 4. The smallest absolute Gasteiger partial charge is 0.260 e. The standard InChI is InChI=1S/C18H18ClFN2O2/c19-14-5-7-15(8-6-14)24-13-18(23)22-11-9-21(10-12-22)17-4-2-1-3-16(17)20/h1-8H,9-13H2. The van der Waals surface area contributed by atoms with Crippen LogP contribution >= 0.6 is 11.6 Å². The molecular formula is C18H18ClFN2O2. The number of benzene rings is 2. The number of anilines is 1. The van der Waals surface area contributed by atoms with Crippen LogP contribution in [0, 0.1) is 5.82 Å². The van der Waals surface area contributed by atoms with Crippen molar-refractivity contribution in [1.82, 2.24) is 4.90 Å². The average Bonchev–Trinajstić information content (AvgIpc) is 2.61. The van der Waals surface area contributed by atoms with E-state index in [9.17, 15) is 9.18 Å². The Hall–Kier alpha value is -2.27. The molecule has 0 bridgehead atoms. The molecule has 1 aliphatic rings. The second kappa shape index (κ2) is 7.53. The highest BCUT2D eigenvalue weighted by atomic mass is 35.5. The van der Waals surface area contributed by atoms with Crippen LogP contribution < -0.4 is 9.64 Å². The summed E-state index contributed by atoms with van der Waals surface area (Å²) >= 11 is 5.81. The van der Waals surface area contributed by atoms with Gasteiger partial charge in [0.2, 0.25) is 0 Å². The average molecular weight is 349 g/mol. The Kier molecular flexibility index (Phi) is 5.20. The lowest BCUT2D eigenvalue weighted by Gasteiger charge is -2.36. The molecule has 6 heteroatoms. The van der Waals surface area contributed by atoms with E-state index in [1.54, 1.807) is 41.3 Å². The summed E-state index contributed by atoms with van der Waals surface area (Å²) in [5.74, 6) is 0.305. The van der Waals surface area contributed by atoms with Gasteiger partial charge in [0.05, 0.1) is 5.69 Å². The molecule has 0 atom stereocenters. The first-order valence-electron chi connectivity index (χ1n) is 7.79. The quantitative estimate of drug-likeness (QED) is 0.850. The van der Waals surface area contributed by atoms with E-state index in [2.05, 4.69) is 0 Å². The predicted molar refractivity (Wildman–Crippen MR) is 92.1 cm³/mol. The SMILES string of the molecule is O=C(COc1ccc(Cl)cc1)N1CCN(c2ccccc2F)CC1. The Morgan fingerprint density at radius 3 is 2.38 bits per heavy atom. The summed E-state index contributed by atoms with van der Waals surface area (Å²) < 4.78 is 19.3. The molecule has 0 unspecified atom stereocenters. The summed E-state index contributed by atoms with van der Waals surface area (Å²) in [6, 6.07) is 13.6. The maximum atomic E-state index is 13.8. The third kappa shape index (κ3) is 3.97. The number of carbonyl (C=O) groups excluding carboxylic acids is 1. The lowest BCUT2D eigenvalue weighted by molar-refractivity contribution is -0.133. The fourth-order valence-electron chi connectivity index (χ4n) is 2.67. The van der Waals surface area contributed by atoms with Gasteiger partial charge in [-0.2, -0.15) is 0 Å². The number of hydrogen-bond donors (Lipinski definition) is 0. The summed E-state index contributed by atoms with van der Waals surface area (Å²) in [6.45, 7) is 2.30. The van der Waals surface area contributed by atoms with Crippen LogP contribution in [0.3, 0.4) is 0 Å². The van der Waals surface area contributed by atoms with Gasteiger partial charge in [-0.25, -0.2) is 4.39 Å². The minimum absolute atomic E-state index is 0.0126. The summed E-state index contributed by atoms with van der Waals surface area (Å²) in [7, 11) is 0. The van der Waals surface area contributed by atoms with Crippen molar-refractivity contribution in [3.05, 3.63) is 59.4 Å². The van der Waals surface area contributed by atoms with Gasteiger partial charge < -0.3 is 14.5 Å². The largest absolute Gasteiger partial charge is 0.484 e. The van der Waals surface area contributed by atoms with Crippen LogP contribution in [0.15, 0.2) is 48.5 Å². The van der Waals surface area contributed by atoms with Crippen LogP contribution in [0.4, 0.5) is 10.1 Å². The van der Waals surface area contributed by atoms with Crippen molar-refractivity contribution in [3.8, 4) is 5.75 Å². The van der Waals surface area contributed by atoms with Crippen LogP contribution in [-0.4, -0.2) is 43.6 Å². The number of amides is 1. The van der Waals surface area contributed by atoms with Gasteiger partial charge in [0, 0.05) is 31.2 Å². The van der Waals surface area contributed by atoms with E-state index in [1.165, 1.54) is 6.07 Å². The second-order valence-electron chi connectivity index (χ2n) is 5.56. The lowest BCUT2D eigenvalue weighted by Crippen LogP contribution is -2.50. The minimum Gasteiger partial charge on any atom is -0.484 e. The van der Waals surface area contributed by atoms with Crippen LogP contribution in [-0.2, 0) is 4.79 Å². The third-order valence-corrected chi connectivity index (χ3v) is 4.25. The molecule has 0 aromatic heterocycles. The number of halogens is 2. The molecule has 0 spiro atoms. The number of ether oxygens (including phenoxy) is 1.